The van der Waals surface area contributed by atoms with Crippen molar-refractivity contribution in [3.63, 3.8) is 0 Å². The topological polar surface area (TPSA) is 96.1 Å². The maximum atomic E-state index is 12.9. The molecule has 0 bridgehead atoms. The molecule has 0 aromatic heterocycles. The zero-order chi connectivity index (χ0) is 23.8. The fourth-order valence-corrected chi connectivity index (χ4v) is 4.99. The minimum absolute atomic E-state index is 0.0297. The van der Waals surface area contributed by atoms with Crippen LogP contribution < -0.4 is 10.6 Å². The number of hydrogen-bond acceptors (Lipinski definition) is 5. The summed E-state index contributed by atoms with van der Waals surface area (Å²) in [6, 6.07) is 19.7. The van der Waals surface area contributed by atoms with Gasteiger partial charge in [0.15, 0.2) is 0 Å². The molecule has 1 saturated heterocycles. The Morgan fingerprint density at radius 2 is 1.56 bits per heavy atom. The van der Waals surface area contributed by atoms with E-state index in [1.807, 2.05) is 31.2 Å². The van der Waals surface area contributed by atoms with Crippen LogP contribution in [0, 0.1) is 6.92 Å². The van der Waals surface area contributed by atoms with Gasteiger partial charge >= 0.3 is 12.1 Å². The Labute approximate surface area is 198 Å². The Hall–Kier alpha value is -4.00. The predicted octanol–water partition coefficient (Wildman–Crippen LogP) is 4.35. The number of hydrogen-bond donors (Lipinski definition) is 2. The van der Waals surface area contributed by atoms with Gasteiger partial charge in [-0.2, -0.15) is 0 Å². The average Bonchev–Trinajstić information content (AvgIpc) is 3.18. The first-order chi connectivity index (χ1) is 16.4. The number of ether oxygens (including phenoxy) is 1. The summed E-state index contributed by atoms with van der Waals surface area (Å²) in [6.07, 6.45) is -0.322. The van der Waals surface area contributed by atoms with Crippen molar-refractivity contribution in [3.05, 3.63) is 82.9 Å². The van der Waals surface area contributed by atoms with Crippen LogP contribution in [0.5, 0.6) is 0 Å². The van der Waals surface area contributed by atoms with E-state index in [4.69, 9.17) is 10.5 Å². The molecule has 0 atom stereocenters. The molecule has 1 aliphatic heterocycles. The molecule has 3 aromatic carbocycles. The SMILES string of the molecule is Cc1c(N)cc(C(=O)O)cc1N1CCN(C(=O)OCC2c3ccccc3-c3ccccc32)CC1. The van der Waals surface area contributed by atoms with Crippen molar-refractivity contribution in [2.45, 2.75) is 12.8 Å². The Morgan fingerprint density at radius 3 is 2.15 bits per heavy atom. The van der Waals surface area contributed by atoms with Crippen LogP contribution in [0.15, 0.2) is 60.7 Å². The Bertz CT molecular complexity index is 1220. The van der Waals surface area contributed by atoms with Crippen molar-refractivity contribution in [2.75, 3.05) is 43.4 Å². The van der Waals surface area contributed by atoms with E-state index >= 15 is 0 Å². The van der Waals surface area contributed by atoms with Gasteiger partial charge in [-0.15, -0.1) is 0 Å². The summed E-state index contributed by atoms with van der Waals surface area (Å²) in [5.74, 6) is -0.979. The molecule has 3 N–H and O–H groups in total. The standard InChI is InChI=1S/C27H27N3O4/c1-17-24(28)14-18(26(31)32)15-25(17)29-10-12-30(13-11-29)27(33)34-16-23-21-8-4-2-6-19(21)20-7-3-5-9-22(20)23/h2-9,14-15,23H,10-13,16,28H2,1H3,(H,31,32). The van der Waals surface area contributed by atoms with Crippen molar-refractivity contribution < 1.29 is 19.4 Å². The van der Waals surface area contributed by atoms with Crippen LogP contribution >= 0.6 is 0 Å². The Morgan fingerprint density at radius 1 is 0.971 bits per heavy atom. The number of carboxylic acids is 1. The second-order valence-corrected chi connectivity index (χ2v) is 8.79. The van der Waals surface area contributed by atoms with Crippen LogP contribution in [0.1, 0.15) is 33.0 Å². The van der Waals surface area contributed by atoms with Crippen LogP contribution in [0.25, 0.3) is 11.1 Å². The van der Waals surface area contributed by atoms with E-state index < -0.39 is 5.97 Å². The van der Waals surface area contributed by atoms with Crippen molar-refractivity contribution in [1.82, 2.24) is 4.90 Å². The predicted molar refractivity (Wildman–Crippen MR) is 131 cm³/mol. The molecular formula is C27H27N3O4. The van der Waals surface area contributed by atoms with Gasteiger partial charge in [0.05, 0.1) is 5.56 Å². The molecular weight excluding hydrogens is 430 g/mol. The lowest BCUT2D eigenvalue weighted by molar-refractivity contribution is 0.0697. The van der Waals surface area contributed by atoms with Crippen LogP contribution in [-0.4, -0.2) is 54.9 Å². The largest absolute Gasteiger partial charge is 0.478 e. The number of nitrogen functional groups attached to an aromatic ring is 1. The number of fused-ring (bicyclic) bond motifs is 3. The third kappa shape index (κ3) is 3.83. The Kier molecular flexibility index (Phi) is 5.61. The third-order valence-corrected chi connectivity index (χ3v) is 6.88. The normalized spacial score (nSPS) is 15.1. The second-order valence-electron chi connectivity index (χ2n) is 8.79. The summed E-state index contributed by atoms with van der Waals surface area (Å²) >= 11 is 0. The zero-order valence-corrected chi connectivity index (χ0v) is 19.0. The average molecular weight is 458 g/mol. The molecule has 2 aliphatic rings. The van der Waals surface area contributed by atoms with Crippen LogP contribution in [0.3, 0.4) is 0 Å². The molecule has 1 aliphatic carbocycles. The summed E-state index contributed by atoms with van der Waals surface area (Å²) in [4.78, 5) is 28.1. The van der Waals surface area contributed by atoms with Crippen molar-refractivity contribution in [1.29, 1.82) is 0 Å². The monoisotopic (exact) mass is 457 g/mol. The summed E-state index contributed by atoms with van der Waals surface area (Å²) in [7, 11) is 0. The minimum Gasteiger partial charge on any atom is -0.478 e. The lowest BCUT2D eigenvalue weighted by atomic mass is 9.98. The van der Waals surface area contributed by atoms with Gasteiger partial charge in [-0.05, 0) is 46.9 Å². The highest BCUT2D eigenvalue weighted by Gasteiger charge is 2.30. The van der Waals surface area contributed by atoms with Gasteiger partial charge < -0.3 is 25.4 Å². The molecule has 174 valence electrons. The van der Waals surface area contributed by atoms with E-state index in [0.29, 0.717) is 38.5 Å². The van der Waals surface area contributed by atoms with E-state index in [1.165, 1.54) is 28.3 Å². The number of carboxylic acid groups (broad SMARTS) is 1. The van der Waals surface area contributed by atoms with E-state index in [1.54, 1.807) is 11.0 Å². The molecule has 1 amide bonds. The highest BCUT2D eigenvalue weighted by atomic mass is 16.6. The number of anilines is 2. The summed E-state index contributed by atoms with van der Waals surface area (Å²) < 4.78 is 5.78. The zero-order valence-electron chi connectivity index (χ0n) is 19.0. The van der Waals surface area contributed by atoms with Gasteiger partial charge in [-0.3, -0.25) is 0 Å². The van der Waals surface area contributed by atoms with Gasteiger partial charge in [0, 0.05) is 43.5 Å². The molecule has 1 fully saturated rings. The molecule has 5 rings (SSSR count). The lowest BCUT2D eigenvalue weighted by Crippen LogP contribution is -2.49. The smallest absolute Gasteiger partial charge is 0.409 e. The minimum atomic E-state index is -1.01. The number of aromatic carboxylic acids is 1. The number of piperazine rings is 1. The highest BCUT2D eigenvalue weighted by molar-refractivity contribution is 5.91. The van der Waals surface area contributed by atoms with Crippen LogP contribution in [-0.2, 0) is 4.74 Å². The van der Waals surface area contributed by atoms with Gasteiger partial charge in [-0.25, -0.2) is 9.59 Å². The van der Waals surface area contributed by atoms with Crippen molar-refractivity contribution in [2.24, 2.45) is 0 Å². The van der Waals surface area contributed by atoms with Gasteiger partial charge in [0.2, 0.25) is 0 Å². The number of nitrogens with two attached hydrogens (primary N) is 1. The first-order valence-electron chi connectivity index (χ1n) is 11.4. The number of rotatable bonds is 4. The Balaban J connectivity index is 1.24. The van der Waals surface area contributed by atoms with Crippen LogP contribution in [0.4, 0.5) is 16.2 Å². The summed E-state index contributed by atoms with van der Waals surface area (Å²) in [5, 5.41) is 9.37. The molecule has 0 spiro atoms. The molecule has 0 saturated carbocycles. The van der Waals surface area contributed by atoms with Gasteiger partial charge in [0.1, 0.15) is 6.61 Å². The fourth-order valence-electron chi connectivity index (χ4n) is 4.99. The number of benzene rings is 3. The first kappa shape index (κ1) is 21.8. The molecule has 3 aromatic rings. The first-order valence-corrected chi connectivity index (χ1v) is 11.4. The molecule has 0 unspecified atom stereocenters. The molecule has 1 heterocycles. The van der Waals surface area contributed by atoms with E-state index in [9.17, 15) is 14.7 Å². The van der Waals surface area contributed by atoms with Crippen LogP contribution in [0.2, 0.25) is 0 Å². The maximum Gasteiger partial charge on any atom is 0.409 e. The van der Waals surface area contributed by atoms with E-state index in [2.05, 4.69) is 29.2 Å². The number of amides is 1. The summed E-state index contributed by atoms with van der Waals surface area (Å²) in [5.41, 5.74) is 13.1. The quantitative estimate of drug-likeness (QED) is 0.566. The second kappa shape index (κ2) is 8.74. The molecule has 7 heteroatoms. The van der Waals surface area contributed by atoms with E-state index in [-0.39, 0.29) is 17.6 Å². The van der Waals surface area contributed by atoms with Gasteiger partial charge in [0.25, 0.3) is 0 Å². The number of nitrogens with zero attached hydrogens (tertiary/aromatic N) is 2. The maximum absolute atomic E-state index is 12.9. The number of carbonyl (C=O) groups excluding carboxylic acids is 1. The van der Waals surface area contributed by atoms with Crippen molar-refractivity contribution >= 4 is 23.4 Å². The summed E-state index contributed by atoms with van der Waals surface area (Å²) in [6.45, 7) is 4.32. The highest BCUT2D eigenvalue weighted by Crippen LogP contribution is 2.44. The third-order valence-electron chi connectivity index (χ3n) is 6.88. The molecule has 34 heavy (non-hydrogen) atoms. The lowest BCUT2D eigenvalue weighted by Gasteiger charge is -2.36. The van der Waals surface area contributed by atoms with Crippen molar-refractivity contribution in [3.8, 4) is 11.1 Å². The van der Waals surface area contributed by atoms with Gasteiger partial charge in [-0.1, -0.05) is 48.5 Å². The molecule has 0 radical (unpaired) electrons. The number of carbonyl (C=O) groups is 2. The molecule has 7 nitrogen and oxygen atoms in total. The van der Waals surface area contributed by atoms with E-state index in [0.717, 1.165) is 11.3 Å². The fraction of sp³-hybridized carbons (Fsp3) is 0.259.